The van der Waals surface area contributed by atoms with Gasteiger partial charge in [0, 0.05) is 6.42 Å². The highest BCUT2D eigenvalue weighted by atomic mass is 16.7. The lowest BCUT2D eigenvalue weighted by atomic mass is 9.85. The Morgan fingerprint density at radius 2 is 2.00 bits per heavy atom. The molecule has 1 heterocycles. The van der Waals surface area contributed by atoms with Gasteiger partial charge < -0.3 is 9.47 Å². The van der Waals surface area contributed by atoms with Crippen LogP contribution in [0.5, 0.6) is 0 Å². The molecule has 0 amide bonds. The summed E-state index contributed by atoms with van der Waals surface area (Å²) in [5.74, 6) is 0. The zero-order valence-corrected chi connectivity index (χ0v) is 8.17. The van der Waals surface area contributed by atoms with Crippen molar-refractivity contribution in [3.8, 4) is 0 Å². The Morgan fingerprint density at radius 1 is 1.33 bits per heavy atom. The maximum Gasteiger partial charge on any atom is 0.147 e. The normalized spacial score (nSPS) is 31.6. The van der Waals surface area contributed by atoms with E-state index in [1.54, 1.807) is 0 Å². The van der Waals surface area contributed by atoms with E-state index in [0.717, 1.165) is 6.42 Å². The molecule has 0 bridgehead atoms. The predicted octanol–water partition coefficient (Wildman–Crippen LogP) is 2.35. The van der Waals surface area contributed by atoms with E-state index in [1.165, 1.54) is 0 Å². The third-order valence-electron chi connectivity index (χ3n) is 2.23. The summed E-state index contributed by atoms with van der Waals surface area (Å²) in [6.45, 7) is 10.7. The molecule has 12 heavy (non-hydrogen) atoms. The van der Waals surface area contributed by atoms with Gasteiger partial charge in [0.25, 0.3) is 0 Å². The molecule has 1 fully saturated rings. The topological polar surface area (TPSA) is 18.5 Å². The standard InChI is InChI=1S/C10H18O2/c1-5-8-6-9(10(2,3)4)12-7-11-8/h5,8-9H,1,6-7H2,2-4H3/t8-,9-/m1/s1. The fourth-order valence-corrected chi connectivity index (χ4v) is 1.32. The summed E-state index contributed by atoms with van der Waals surface area (Å²) >= 11 is 0. The SMILES string of the molecule is C=C[C@@H]1C[C@H](C(C)(C)C)OCO1. The molecule has 0 spiro atoms. The van der Waals surface area contributed by atoms with Gasteiger partial charge in [-0.2, -0.15) is 0 Å². The number of ether oxygens (including phenoxy) is 2. The van der Waals surface area contributed by atoms with Gasteiger partial charge in [0.2, 0.25) is 0 Å². The Labute approximate surface area is 74.6 Å². The number of rotatable bonds is 1. The van der Waals surface area contributed by atoms with Crippen LogP contribution in [0.2, 0.25) is 0 Å². The van der Waals surface area contributed by atoms with Crippen molar-refractivity contribution in [2.24, 2.45) is 5.41 Å². The van der Waals surface area contributed by atoms with Crippen LogP contribution in [0.25, 0.3) is 0 Å². The molecular formula is C10H18O2. The van der Waals surface area contributed by atoms with E-state index in [0.29, 0.717) is 6.79 Å². The van der Waals surface area contributed by atoms with Crippen molar-refractivity contribution in [2.45, 2.75) is 39.4 Å². The first kappa shape index (κ1) is 9.75. The van der Waals surface area contributed by atoms with Gasteiger partial charge in [0.15, 0.2) is 0 Å². The highest BCUT2D eigenvalue weighted by Crippen LogP contribution is 2.29. The van der Waals surface area contributed by atoms with Gasteiger partial charge in [-0.15, -0.1) is 6.58 Å². The van der Waals surface area contributed by atoms with Gasteiger partial charge in [-0.05, 0) is 5.41 Å². The van der Waals surface area contributed by atoms with Crippen molar-refractivity contribution in [3.05, 3.63) is 12.7 Å². The maximum atomic E-state index is 5.50. The zero-order chi connectivity index (χ0) is 9.19. The Morgan fingerprint density at radius 3 is 2.50 bits per heavy atom. The van der Waals surface area contributed by atoms with Crippen molar-refractivity contribution in [1.82, 2.24) is 0 Å². The monoisotopic (exact) mass is 170 g/mol. The highest BCUT2D eigenvalue weighted by Gasteiger charge is 2.30. The molecule has 1 saturated heterocycles. The van der Waals surface area contributed by atoms with Crippen LogP contribution >= 0.6 is 0 Å². The summed E-state index contributed by atoms with van der Waals surface area (Å²) < 4.78 is 10.8. The Hall–Kier alpha value is -0.340. The molecule has 1 aliphatic rings. The Kier molecular flexibility index (Phi) is 2.91. The summed E-state index contributed by atoms with van der Waals surface area (Å²) in [6, 6.07) is 0. The second-order valence-electron chi connectivity index (χ2n) is 4.32. The average Bonchev–Trinajstić information content (AvgIpc) is 2.03. The van der Waals surface area contributed by atoms with E-state index < -0.39 is 0 Å². The maximum absolute atomic E-state index is 5.50. The molecule has 0 radical (unpaired) electrons. The first-order valence-corrected chi connectivity index (χ1v) is 4.40. The molecule has 1 aliphatic heterocycles. The van der Waals surface area contributed by atoms with Gasteiger partial charge in [0.1, 0.15) is 6.79 Å². The third kappa shape index (κ3) is 2.32. The van der Waals surface area contributed by atoms with Crippen molar-refractivity contribution >= 4 is 0 Å². The first-order valence-electron chi connectivity index (χ1n) is 4.40. The molecule has 0 aromatic heterocycles. The molecule has 2 atom stereocenters. The number of hydrogen-bond donors (Lipinski definition) is 0. The lowest BCUT2D eigenvalue weighted by molar-refractivity contribution is -0.188. The van der Waals surface area contributed by atoms with E-state index >= 15 is 0 Å². The van der Waals surface area contributed by atoms with Crippen LogP contribution in [-0.2, 0) is 9.47 Å². The van der Waals surface area contributed by atoms with Crippen LogP contribution < -0.4 is 0 Å². The quantitative estimate of drug-likeness (QED) is 0.562. The van der Waals surface area contributed by atoms with Crippen LogP contribution in [-0.4, -0.2) is 19.0 Å². The van der Waals surface area contributed by atoms with E-state index in [9.17, 15) is 0 Å². The molecule has 0 unspecified atom stereocenters. The molecule has 0 aromatic rings. The van der Waals surface area contributed by atoms with Gasteiger partial charge >= 0.3 is 0 Å². The van der Waals surface area contributed by atoms with Crippen LogP contribution in [0.4, 0.5) is 0 Å². The molecule has 70 valence electrons. The first-order chi connectivity index (χ1) is 5.54. The third-order valence-corrected chi connectivity index (χ3v) is 2.23. The minimum Gasteiger partial charge on any atom is -0.352 e. The van der Waals surface area contributed by atoms with Crippen molar-refractivity contribution in [1.29, 1.82) is 0 Å². The second kappa shape index (κ2) is 3.58. The average molecular weight is 170 g/mol. The fourth-order valence-electron chi connectivity index (χ4n) is 1.32. The molecule has 2 heteroatoms. The van der Waals surface area contributed by atoms with Gasteiger partial charge in [-0.3, -0.25) is 0 Å². The molecule has 0 saturated carbocycles. The van der Waals surface area contributed by atoms with Gasteiger partial charge in [-0.25, -0.2) is 0 Å². The van der Waals surface area contributed by atoms with E-state index in [1.807, 2.05) is 6.08 Å². The van der Waals surface area contributed by atoms with Crippen LogP contribution in [0.1, 0.15) is 27.2 Å². The van der Waals surface area contributed by atoms with Crippen LogP contribution in [0.3, 0.4) is 0 Å². The highest BCUT2D eigenvalue weighted by molar-refractivity contribution is 4.88. The molecule has 2 nitrogen and oxygen atoms in total. The van der Waals surface area contributed by atoms with E-state index in [4.69, 9.17) is 9.47 Å². The smallest absolute Gasteiger partial charge is 0.147 e. The Balaban J connectivity index is 2.51. The van der Waals surface area contributed by atoms with Crippen LogP contribution in [0.15, 0.2) is 12.7 Å². The van der Waals surface area contributed by atoms with Crippen molar-refractivity contribution in [3.63, 3.8) is 0 Å². The fraction of sp³-hybridized carbons (Fsp3) is 0.800. The summed E-state index contributed by atoms with van der Waals surface area (Å²) in [7, 11) is 0. The summed E-state index contributed by atoms with van der Waals surface area (Å²) in [5, 5.41) is 0. The van der Waals surface area contributed by atoms with Gasteiger partial charge in [0.05, 0.1) is 12.2 Å². The van der Waals surface area contributed by atoms with Crippen molar-refractivity contribution < 1.29 is 9.47 Å². The summed E-state index contributed by atoms with van der Waals surface area (Å²) in [5.41, 5.74) is 0.199. The molecule has 0 N–H and O–H groups in total. The van der Waals surface area contributed by atoms with E-state index in [-0.39, 0.29) is 17.6 Å². The predicted molar refractivity (Wildman–Crippen MR) is 48.9 cm³/mol. The lowest BCUT2D eigenvalue weighted by Crippen LogP contribution is -2.38. The molecule has 0 aromatic carbocycles. The van der Waals surface area contributed by atoms with Gasteiger partial charge in [-0.1, -0.05) is 26.8 Å². The van der Waals surface area contributed by atoms with Crippen LogP contribution in [0, 0.1) is 5.41 Å². The van der Waals surface area contributed by atoms with Crippen molar-refractivity contribution in [2.75, 3.05) is 6.79 Å². The molecule has 1 rings (SSSR count). The lowest BCUT2D eigenvalue weighted by Gasteiger charge is -2.36. The Bertz CT molecular complexity index is 158. The molecular weight excluding hydrogens is 152 g/mol. The largest absolute Gasteiger partial charge is 0.352 e. The zero-order valence-electron chi connectivity index (χ0n) is 8.17. The summed E-state index contributed by atoms with van der Waals surface area (Å²) in [6.07, 6.45) is 3.23. The summed E-state index contributed by atoms with van der Waals surface area (Å²) in [4.78, 5) is 0. The van der Waals surface area contributed by atoms with E-state index in [2.05, 4.69) is 27.4 Å². The number of hydrogen-bond acceptors (Lipinski definition) is 2. The molecule has 0 aliphatic carbocycles. The second-order valence-corrected chi connectivity index (χ2v) is 4.32. The minimum atomic E-state index is 0.169. The minimum absolute atomic E-state index is 0.169.